The lowest BCUT2D eigenvalue weighted by atomic mass is 10.2. The van der Waals surface area contributed by atoms with Crippen molar-refractivity contribution in [1.82, 2.24) is 9.80 Å². The molecule has 0 saturated carbocycles. The van der Waals surface area contributed by atoms with Gasteiger partial charge >= 0.3 is 6.03 Å². The average Bonchev–Trinajstić information content (AvgIpc) is 2.56. The van der Waals surface area contributed by atoms with Crippen LogP contribution in [0.4, 0.5) is 10.5 Å². The molecule has 1 N–H and O–H groups in total. The number of rotatable bonds is 3. The minimum atomic E-state index is -0.00916. The van der Waals surface area contributed by atoms with Crippen LogP contribution in [0.3, 0.4) is 0 Å². The molecule has 1 aliphatic heterocycles. The second-order valence-corrected chi connectivity index (χ2v) is 6.93. The Bertz CT molecular complexity index is 654. The van der Waals surface area contributed by atoms with Crippen LogP contribution in [0.15, 0.2) is 54.6 Å². The molecule has 2 amide bonds. The molecule has 1 aliphatic rings. The number of halogens is 1. The van der Waals surface area contributed by atoms with Crippen molar-refractivity contribution in [3.8, 4) is 0 Å². The van der Waals surface area contributed by atoms with Crippen LogP contribution in [0, 0.1) is 3.57 Å². The van der Waals surface area contributed by atoms with Crippen LogP contribution < -0.4 is 5.32 Å². The van der Waals surface area contributed by atoms with Crippen molar-refractivity contribution < 1.29 is 4.79 Å². The Kier molecular flexibility index (Phi) is 5.51. The van der Waals surface area contributed by atoms with E-state index in [9.17, 15) is 4.79 Å². The fraction of sp³-hybridized carbons (Fsp3) is 0.278. The summed E-state index contributed by atoms with van der Waals surface area (Å²) in [6.45, 7) is 4.30. The molecule has 0 radical (unpaired) electrons. The van der Waals surface area contributed by atoms with Gasteiger partial charge in [-0.25, -0.2) is 4.79 Å². The highest BCUT2D eigenvalue weighted by atomic mass is 127. The number of nitrogens with one attached hydrogen (secondary N) is 1. The van der Waals surface area contributed by atoms with Crippen molar-refractivity contribution in [2.45, 2.75) is 6.54 Å². The molecule has 2 aromatic carbocycles. The summed E-state index contributed by atoms with van der Waals surface area (Å²) in [4.78, 5) is 16.6. The van der Waals surface area contributed by atoms with E-state index in [-0.39, 0.29) is 6.03 Å². The summed E-state index contributed by atoms with van der Waals surface area (Å²) in [5.41, 5.74) is 2.18. The van der Waals surface area contributed by atoms with Gasteiger partial charge in [-0.05, 0) is 52.4 Å². The van der Waals surface area contributed by atoms with E-state index >= 15 is 0 Å². The number of anilines is 1. The summed E-state index contributed by atoms with van der Waals surface area (Å²) in [6.07, 6.45) is 0. The summed E-state index contributed by atoms with van der Waals surface area (Å²) in [6, 6.07) is 18.2. The Morgan fingerprint density at radius 1 is 1.00 bits per heavy atom. The predicted octanol–water partition coefficient (Wildman–Crippen LogP) is 3.64. The van der Waals surface area contributed by atoms with E-state index in [1.165, 1.54) is 9.13 Å². The average molecular weight is 421 g/mol. The maximum absolute atomic E-state index is 12.3. The highest BCUT2D eigenvalue weighted by Gasteiger charge is 2.21. The summed E-state index contributed by atoms with van der Waals surface area (Å²) in [7, 11) is 0. The van der Waals surface area contributed by atoms with Gasteiger partial charge in [0.2, 0.25) is 0 Å². The van der Waals surface area contributed by atoms with Crippen LogP contribution in [-0.2, 0) is 6.54 Å². The number of carbonyl (C=O) groups is 1. The van der Waals surface area contributed by atoms with Gasteiger partial charge in [0.25, 0.3) is 0 Å². The number of amides is 2. The zero-order valence-corrected chi connectivity index (χ0v) is 15.1. The van der Waals surface area contributed by atoms with Crippen LogP contribution >= 0.6 is 22.6 Å². The van der Waals surface area contributed by atoms with Crippen LogP contribution in [0.5, 0.6) is 0 Å². The van der Waals surface area contributed by atoms with E-state index in [1.807, 2.05) is 35.2 Å². The monoisotopic (exact) mass is 421 g/mol. The first kappa shape index (κ1) is 16.3. The number of hydrogen-bond acceptors (Lipinski definition) is 2. The lowest BCUT2D eigenvalue weighted by Crippen LogP contribution is -2.49. The molecule has 1 saturated heterocycles. The Morgan fingerprint density at radius 3 is 2.43 bits per heavy atom. The SMILES string of the molecule is O=C(Nc1ccccc1)N1CCN(Cc2cccc(I)c2)CC1. The van der Waals surface area contributed by atoms with Gasteiger partial charge in [-0.15, -0.1) is 0 Å². The van der Waals surface area contributed by atoms with Gasteiger partial charge in [-0.3, -0.25) is 4.90 Å². The van der Waals surface area contributed by atoms with Crippen LogP contribution in [0.2, 0.25) is 0 Å². The maximum atomic E-state index is 12.3. The molecule has 0 unspecified atom stereocenters. The fourth-order valence-corrected chi connectivity index (χ4v) is 3.33. The van der Waals surface area contributed by atoms with Gasteiger partial charge in [-0.2, -0.15) is 0 Å². The Hall–Kier alpha value is -1.60. The number of nitrogens with zero attached hydrogens (tertiary/aromatic N) is 2. The number of benzene rings is 2. The number of para-hydroxylation sites is 1. The lowest BCUT2D eigenvalue weighted by Gasteiger charge is -2.34. The molecule has 2 aromatic rings. The summed E-state index contributed by atoms with van der Waals surface area (Å²) in [5.74, 6) is 0. The van der Waals surface area contributed by atoms with E-state index in [1.54, 1.807) is 0 Å². The Morgan fingerprint density at radius 2 is 1.74 bits per heavy atom. The third kappa shape index (κ3) is 4.68. The van der Waals surface area contributed by atoms with E-state index in [0.29, 0.717) is 0 Å². The van der Waals surface area contributed by atoms with Crippen LogP contribution in [-0.4, -0.2) is 42.0 Å². The molecule has 0 aromatic heterocycles. The molecule has 0 spiro atoms. The normalized spacial score (nSPS) is 15.4. The third-order valence-electron chi connectivity index (χ3n) is 3.98. The molecule has 120 valence electrons. The maximum Gasteiger partial charge on any atom is 0.321 e. The quantitative estimate of drug-likeness (QED) is 0.769. The molecule has 1 heterocycles. The van der Waals surface area contributed by atoms with Crippen molar-refractivity contribution in [3.05, 3.63) is 63.7 Å². The lowest BCUT2D eigenvalue weighted by molar-refractivity contribution is 0.143. The molecule has 4 nitrogen and oxygen atoms in total. The number of urea groups is 1. The molecule has 5 heteroatoms. The van der Waals surface area contributed by atoms with Gasteiger partial charge in [0.1, 0.15) is 0 Å². The van der Waals surface area contributed by atoms with Gasteiger partial charge < -0.3 is 10.2 Å². The van der Waals surface area contributed by atoms with E-state index < -0.39 is 0 Å². The number of piperazine rings is 1. The Labute approximate surface area is 150 Å². The first-order valence-corrected chi connectivity index (χ1v) is 8.86. The largest absolute Gasteiger partial charge is 0.322 e. The zero-order valence-electron chi connectivity index (χ0n) is 12.9. The van der Waals surface area contributed by atoms with E-state index in [4.69, 9.17) is 0 Å². The van der Waals surface area contributed by atoms with E-state index in [0.717, 1.165) is 38.4 Å². The standard InChI is InChI=1S/C18H20IN3O/c19-16-6-4-5-15(13-16)14-21-9-11-22(12-10-21)18(23)20-17-7-2-1-3-8-17/h1-8,13H,9-12,14H2,(H,20,23). The number of hydrogen-bond donors (Lipinski definition) is 1. The number of carbonyl (C=O) groups excluding carboxylic acids is 1. The first-order valence-electron chi connectivity index (χ1n) is 7.78. The van der Waals surface area contributed by atoms with Gasteiger partial charge in [-0.1, -0.05) is 30.3 Å². The second kappa shape index (κ2) is 7.79. The van der Waals surface area contributed by atoms with Gasteiger partial charge in [0.05, 0.1) is 0 Å². The molecule has 1 fully saturated rings. The van der Waals surface area contributed by atoms with Crippen molar-refractivity contribution in [2.24, 2.45) is 0 Å². The van der Waals surface area contributed by atoms with Crippen molar-refractivity contribution in [1.29, 1.82) is 0 Å². The highest BCUT2D eigenvalue weighted by molar-refractivity contribution is 14.1. The molecule has 0 atom stereocenters. The summed E-state index contributed by atoms with van der Waals surface area (Å²) < 4.78 is 1.26. The molecule has 0 aliphatic carbocycles. The van der Waals surface area contributed by atoms with Gasteiger partial charge in [0.15, 0.2) is 0 Å². The van der Waals surface area contributed by atoms with E-state index in [2.05, 4.69) is 57.1 Å². The Balaban J connectivity index is 1.49. The molecule has 0 bridgehead atoms. The minimum absolute atomic E-state index is 0.00916. The van der Waals surface area contributed by atoms with Crippen molar-refractivity contribution in [3.63, 3.8) is 0 Å². The zero-order chi connectivity index (χ0) is 16.1. The molecular weight excluding hydrogens is 401 g/mol. The van der Waals surface area contributed by atoms with Crippen LogP contribution in [0.25, 0.3) is 0 Å². The second-order valence-electron chi connectivity index (χ2n) is 5.69. The van der Waals surface area contributed by atoms with Crippen molar-refractivity contribution >= 4 is 34.3 Å². The van der Waals surface area contributed by atoms with Crippen LogP contribution in [0.1, 0.15) is 5.56 Å². The minimum Gasteiger partial charge on any atom is -0.322 e. The fourth-order valence-electron chi connectivity index (χ4n) is 2.73. The van der Waals surface area contributed by atoms with Crippen molar-refractivity contribution in [2.75, 3.05) is 31.5 Å². The first-order chi connectivity index (χ1) is 11.2. The molecule has 3 rings (SSSR count). The van der Waals surface area contributed by atoms with Gasteiger partial charge in [0, 0.05) is 42.0 Å². The summed E-state index contributed by atoms with van der Waals surface area (Å²) in [5, 5.41) is 2.95. The molecule has 23 heavy (non-hydrogen) atoms. The topological polar surface area (TPSA) is 35.6 Å². The summed E-state index contributed by atoms with van der Waals surface area (Å²) >= 11 is 2.34. The smallest absolute Gasteiger partial charge is 0.321 e. The third-order valence-corrected chi connectivity index (χ3v) is 4.65. The highest BCUT2D eigenvalue weighted by Crippen LogP contribution is 2.13. The predicted molar refractivity (Wildman–Crippen MR) is 101 cm³/mol. The molecular formula is C18H20IN3O.